The van der Waals surface area contributed by atoms with Crippen molar-refractivity contribution in [2.45, 2.75) is 51.0 Å². The Morgan fingerprint density at radius 2 is 1.47 bits per heavy atom. The molecule has 8 rings (SSSR count). The Hall–Kier alpha value is -6.74. The summed E-state index contributed by atoms with van der Waals surface area (Å²) in [5.74, 6) is -1.36. The molecule has 1 unspecified atom stereocenters. The smallest absolute Gasteiger partial charge is 0.310 e. The van der Waals surface area contributed by atoms with E-state index < -0.39 is 41.8 Å². The van der Waals surface area contributed by atoms with E-state index in [2.05, 4.69) is 0 Å². The number of fused-ring (bicyclic) bond motifs is 4. The van der Waals surface area contributed by atoms with Crippen LogP contribution in [0.15, 0.2) is 66.7 Å². The zero-order valence-corrected chi connectivity index (χ0v) is 36.6. The zero-order chi connectivity index (χ0) is 45.2. The van der Waals surface area contributed by atoms with Crippen LogP contribution >= 0.6 is 11.6 Å². The molecule has 5 aromatic rings. The highest BCUT2D eigenvalue weighted by Crippen LogP contribution is 2.56. The van der Waals surface area contributed by atoms with Crippen LogP contribution in [0.2, 0.25) is 5.02 Å². The summed E-state index contributed by atoms with van der Waals surface area (Å²) in [6, 6.07) is 19.1. The normalized spacial score (nSPS) is 18.1. The molecule has 1 aromatic heterocycles. The number of benzene rings is 4. The number of ether oxygens (including phenoxy) is 9. The van der Waals surface area contributed by atoms with E-state index in [-0.39, 0.29) is 63.8 Å². The molecular formula is C48H46ClNO14. The molecule has 3 heterocycles. The van der Waals surface area contributed by atoms with Crippen LogP contribution in [0.3, 0.4) is 0 Å². The summed E-state index contributed by atoms with van der Waals surface area (Å²) in [7, 11) is 6.06. The molecule has 64 heavy (non-hydrogen) atoms. The van der Waals surface area contributed by atoms with Crippen LogP contribution < -0.4 is 28.4 Å². The number of carbonyl (C=O) groups is 5. The molecule has 15 nitrogen and oxygen atoms in total. The molecule has 4 aromatic carbocycles. The Kier molecular flexibility index (Phi) is 12.7. The van der Waals surface area contributed by atoms with Crippen molar-refractivity contribution in [1.29, 1.82) is 0 Å². The van der Waals surface area contributed by atoms with E-state index in [9.17, 15) is 24.0 Å². The number of hydrogen-bond acceptors (Lipinski definition) is 14. The van der Waals surface area contributed by atoms with Crippen molar-refractivity contribution in [3.63, 3.8) is 0 Å². The minimum Gasteiger partial charge on any atom is -0.497 e. The number of halogens is 1. The van der Waals surface area contributed by atoms with Gasteiger partial charge in [0, 0.05) is 51.9 Å². The van der Waals surface area contributed by atoms with E-state index >= 15 is 0 Å². The first kappa shape index (κ1) is 43.9. The molecule has 4 atom stereocenters. The van der Waals surface area contributed by atoms with Crippen molar-refractivity contribution in [3.8, 4) is 34.5 Å². The largest absolute Gasteiger partial charge is 0.497 e. The van der Waals surface area contributed by atoms with Crippen LogP contribution in [-0.2, 0) is 39.8 Å². The lowest BCUT2D eigenvalue weighted by Crippen LogP contribution is -2.36. The lowest BCUT2D eigenvalue weighted by Gasteiger charge is -2.38. The van der Waals surface area contributed by atoms with E-state index in [1.807, 2.05) is 0 Å². The maximum Gasteiger partial charge on any atom is 0.310 e. The van der Waals surface area contributed by atoms with Gasteiger partial charge in [0.15, 0.2) is 23.0 Å². The number of Topliss-reactive ketones (excluding diaryl/α,β-unsaturated/α-hetero) is 1. The van der Waals surface area contributed by atoms with Crippen molar-refractivity contribution in [1.82, 2.24) is 4.57 Å². The lowest BCUT2D eigenvalue weighted by molar-refractivity contribution is -0.157. The van der Waals surface area contributed by atoms with E-state index in [4.69, 9.17) is 54.2 Å². The first-order chi connectivity index (χ1) is 30.9. The minimum absolute atomic E-state index is 0.00261. The molecule has 0 amide bonds. The fraction of sp³-hybridized carbons (Fsp3) is 0.354. The number of rotatable bonds is 16. The molecule has 0 radical (unpaired) electrons. The minimum atomic E-state index is -0.914. The summed E-state index contributed by atoms with van der Waals surface area (Å²) >= 11 is 6.06. The Bertz CT molecular complexity index is 2630. The molecule has 16 heteroatoms. The van der Waals surface area contributed by atoms with Crippen LogP contribution in [0.25, 0.3) is 10.9 Å². The summed E-state index contributed by atoms with van der Waals surface area (Å²) < 4.78 is 52.4. The van der Waals surface area contributed by atoms with Crippen molar-refractivity contribution < 1.29 is 66.6 Å². The number of hydrogen-bond donors (Lipinski definition) is 0. The number of cyclic esters (lactones) is 1. The monoisotopic (exact) mass is 895 g/mol. The second kappa shape index (κ2) is 18.5. The van der Waals surface area contributed by atoms with Gasteiger partial charge in [-0.15, -0.1) is 0 Å². The van der Waals surface area contributed by atoms with Crippen molar-refractivity contribution in [3.05, 3.63) is 105 Å². The van der Waals surface area contributed by atoms with E-state index in [0.717, 1.165) is 5.39 Å². The summed E-state index contributed by atoms with van der Waals surface area (Å²) in [6.45, 7) is 1.75. The van der Waals surface area contributed by atoms with Gasteiger partial charge in [0.1, 0.15) is 17.6 Å². The third kappa shape index (κ3) is 8.39. The first-order valence-corrected chi connectivity index (χ1v) is 21.1. The molecule has 334 valence electrons. The quantitative estimate of drug-likeness (QED) is 0.0542. The number of carbonyl (C=O) groups excluding carboxylic acids is 5. The zero-order valence-electron chi connectivity index (χ0n) is 35.9. The molecule has 1 saturated heterocycles. The second-order valence-corrected chi connectivity index (χ2v) is 16.1. The van der Waals surface area contributed by atoms with Gasteiger partial charge in [-0.3, -0.25) is 28.5 Å². The van der Waals surface area contributed by atoms with Crippen molar-refractivity contribution in [2.24, 2.45) is 11.8 Å². The maximum absolute atomic E-state index is 13.7. The number of nitrogens with zero attached hydrogens (tertiary/aromatic N) is 1. The van der Waals surface area contributed by atoms with Crippen molar-refractivity contribution in [2.75, 3.05) is 48.4 Å². The fourth-order valence-corrected chi connectivity index (χ4v) is 9.08. The third-order valence-electron chi connectivity index (χ3n) is 12.0. The Morgan fingerprint density at radius 3 is 2.14 bits per heavy atom. The molecule has 0 spiro atoms. The van der Waals surface area contributed by atoms with Gasteiger partial charge in [-0.05, 0) is 96.8 Å². The number of ketones is 1. The average Bonchev–Trinajstić information content (AvgIpc) is 4.00. The highest BCUT2D eigenvalue weighted by Gasteiger charge is 2.54. The third-order valence-corrected chi connectivity index (χ3v) is 12.3. The summed E-state index contributed by atoms with van der Waals surface area (Å²) in [5.41, 5.74) is 4.35. The van der Waals surface area contributed by atoms with E-state index in [1.54, 1.807) is 85.3 Å². The highest BCUT2D eigenvalue weighted by atomic mass is 35.5. The molecule has 2 aliphatic heterocycles. The van der Waals surface area contributed by atoms with E-state index in [0.29, 0.717) is 78.5 Å². The molecular weight excluding hydrogens is 850 g/mol. The SMILES string of the molecule is COc1ccc2c(c1)c(CC(=O)CCCOC(=O)CCC(=O)O[C@@H]1c3cc4c(cc3[C@H](c3cc(OC)c(OC)c(OC)c3)[C@@H]3C(=O)OCC13)OCO4)c(C)n2C(=O)c1ccc(Cl)cc1. The molecule has 0 saturated carbocycles. The Balaban J connectivity index is 0.903. The molecule has 3 aliphatic rings. The van der Waals surface area contributed by atoms with Crippen LogP contribution in [0.5, 0.6) is 34.5 Å². The van der Waals surface area contributed by atoms with Gasteiger partial charge in [0.25, 0.3) is 5.91 Å². The average molecular weight is 896 g/mol. The molecule has 0 N–H and O–H groups in total. The highest BCUT2D eigenvalue weighted by molar-refractivity contribution is 6.30. The van der Waals surface area contributed by atoms with Gasteiger partial charge >= 0.3 is 17.9 Å². The number of esters is 3. The topological polar surface area (TPSA) is 173 Å². The summed E-state index contributed by atoms with van der Waals surface area (Å²) in [5, 5.41) is 1.23. The Morgan fingerprint density at radius 1 is 0.781 bits per heavy atom. The van der Waals surface area contributed by atoms with Gasteiger partial charge < -0.3 is 42.6 Å². The van der Waals surface area contributed by atoms with Gasteiger partial charge in [0.05, 0.1) is 65.9 Å². The van der Waals surface area contributed by atoms with Crippen molar-refractivity contribution >= 4 is 52.1 Å². The van der Waals surface area contributed by atoms with Crippen LogP contribution in [0.4, 0.5) is 0 Å². The van der Waals surface area contributed by atoms with Gasteiger partial charge in [0.2, 0.25) is 12.5 Å². The predicted octanol–water partition coefficient (Wildman–Crippen LogP) is 7.49. The van der Waals surface area contributed by atoms with Gasteiger partial charge in [-0.25, -0.2) is 0 Å². The van der Waals surface area contributed by atoms with Crippen LogP contribution in [0.1, 0.15) is 76.0 Å². The molecule has 1 aliphatic carbocycles. The summed E-state index contributed by atoms with van der Waals surface area (Å²) in [4.78, 5) is 66.8. The summed E-state index contributed by atoms with van der Waals surface area (Å²) in [6.07, 6.45) is -1.08. The van der Waals surface area contributed by atoms with Crippen LogP contribution in [0, 0.1) is 18.8 Å². The predicted molar refractivity (Wildman–Crippen MR) is 230 cm³/mol. The molecule has 1 fully saturated rings. The first-order valence-electron chi connectivity index (χ1n) is 20.7. The number of aromatic nitrogens is 1. The standard InChI is InChI=1S/C48H46ClNO14/c1-25-31(32-20-30(56-2)12-13-36(32)50(25)47(54)26-8-10-28(49)11-9-26)19-29(51)7-6-16-60-41(52)14-15-42(53)64-45-34-22-38-37(62-24-63-38)21-33(34)43(44-35(45)23-61-48(44)55)27-17-39(57-3)46(59-5)40(18-27)58-4/h8-13,17-18,20-22,35,43-45H,6-7,14-16,19,23-24H2,1-5H3/t35?,43-,44+,45+/m0/s1. The maximum atomic E-state index is 13.7. The second-order valence-electron chi connectivity index (χ2n) is 15.6. The van der Waals surface area contributed by atoms with Crippen LogP contribution in [-0.4, -0.2) is 82.6 Å². The van der Waals surface area contributed by atoms with Gasteiger partial charge in [-0.1, -0.05) is 11.6 Å². The lowest BCUT2D eigenvalue weighted by atomic mass is 9.66. The molecule has 0 bridgehead atoms. The fourth-order valence-electron chi connectivity index (χ4n) is 8.96. The van der Waals surface area contributed by atoms with E-state index in [1.165, 1.54) is 21.3 Å². The number of methoxy groups -OCH3 is 4. The van der Waals surface area contributed by atoms with Gasteiger partial charge in [-0.2, -0.15) is 0 Å². The Labute approximate surface area is 373 Å².